The molecule has 0 radical (unpaired) electrons. The Morgan fingerprint density at radius 1 is 1.14 bits per heavy atom. The molecule has 1 aromatic heterocycles. The summed E-state index contributed by atoms with van der Waals surface area (Å²) in [6, 6.07) is 8.93. The molecule has 0 aliphatic carbocycles. The lowest BCUT2D eigenvalue weighted by Gasteiger charge is -2.09. The number of amides is 1. The second-order valence-corrected chi connectivity index (χ2v) is 7.53. The molecule has 1 heterocycles. The molecule has 3 N–H and O–H groups in total. The van der Waals surface area contributed by atoms with Crippen LogP contribution in [0.15, 0.2) is 53.7 Å². The average Bonchev–Trinajstić information content (AvgIpc) is 3.17. The van der Waals surface area contributed by atoms with Gasteiger partial charge >= 0.3 is 0 Å². The van der Waals surface area contributed by atoms with E-state index in [1.54, 1.807) is 12.1 Å². The monoisotopic (exact) mass is 422 g/mol. The Bertz CT molecular complexity index is 1110. The van der Waals surface area contributed by atoms with Gasteiger partial charge in [0.05, 0.1) is 18.9 Å². The molecule has 0 saturated carbocycles. The lowest BCUT2D eigenvalue weighted by atomic mass is 10.2. The normalized spacial score (nSPS) is 11.1. The number of aromatic nitrogens is 2. The zero-order valence-corrected chi connectivity index (χ0v) is 15.9. The van der Waals surface area contributed by atoms with Gasteiger partial charge in [0.25, 0.3) is 15.9 Å². The molecule has 0 saturated heterocycles. The summed E-state index contributed by atoms with van der Waals surface area (Å²) in [5.74, 6) is -1.81. The van der Waals surface area contributed by atoms with Crippen molar-refractivity contribution < 1.29 is 26.7 Å². The van der Waals surface area contributed by atoms with E-state index in [0.29, 0.717) is 11.8 Å². The number of halogens is 2. The van der Waals surface area contributed by atoms with Gasteiger partial charge in [0.2, 0.25) is 0 Å². The lowest BCUT2D eigenvalue weighted by molar-refractivity contribution is 0.0947. The second kappa shape index (κ2) is 8.27. The number of nitrogens with zero attached hydrogens (tertiary/aromatic N) is 1. The van der Waals surface area contributed by atoms with E-state index in [0.717, 1.165) is 18.3 Å². The number of carbonyl (C=O) groups excluding carboxylic acids is 1. The van der Waals surface area contributed by atoms with Gasteiger partial charge in [-0.3, -0.25) is 14.6 Å². The molecule has 3 rings (SSSR count). The molecule has 29 heavy (non-hydrogen) atoms. The van der Waals surface area contributed by atoms with E-state index in [2.05, 4.69) is 20.2 Å². The van der Waals surface area contributed by atoms with Gasteiger partial charge in [-0.2, -0.15) is 13.5 Å². The number of ether oxygens (including phenoxy) is 1. The minimum Gasteiger partial charge on any atom is -0.497 e. The molecular formula is C18H16F2N4O4S. The Balaban J connectivity index is 1.75. The Kier molecular flexibility index (Phi) is 5.78. The van der Waals surface area contributed by atoms with Gasteiger partial charge in [-0.1, -0.05) is 0 Å². The number of hydrogen-bond donors (Lipinski definition) is 3. The van der Waals surface area contributed by atoms with Gasteiger partial charge in [-0.05, 0) is 42.0 Å². The Morgan fingerprint density at radius 2 is 1.79 bits per heavy atom. The van der Waals surface area contributed by atoms with Gasteiger partial charge in [0.1, 0.15) is 17.4 Å². The number of aromatic amines is 1. The maximum atomic E-state index is 13.2. The third-order valence-electron chi connectivity index (χ3n) is 3.84. The summed E-state index contributed by atoms with van der Waals surface area (Å²) in [6.07, 6.45) is 1.05. The van der Waals surface area contributed by atoms with Crippen LogP contribution in [0.4, 0.5) is 14.5 Å². The Morgan fingerprint density at radius 3 is 2.41 bits per heavy atom. The van der Waals surface area contributed by atoms with Crippen molar-refractivity contribution in [2.24, 2.45) is 0 Å². The smallest absolute Gasteiger partial charge is 0.279 e. The van der Waals surface area contributed by atoms with Gasteiger partial charge in [0.15, 0.2) is 5.03 Å². The van der Waals surface area contributed by atoms with E-state index in [1.807, 2.05) is 0 Å². The number of methoxy groups -OCH3 is 1. The third kappa shape index (κ3) is 4.88. The van der Waals surface area contributed by atoms with Crippen molar-refractivity contribution in [2.75, 3.05) is 11.8 Å². The minimum absolute atomic E-state index is 0.181. The molecule has 0 aliphatic heterocycles. The summed E-state index contributed by atoms with van der Waals surface area (Å²) in [4.78, 5) is 12.4. The summed E-state index contributed by atoms with van der Waals surface area (Å²) < 4.78 is 59.0. The fraction of sp³-hybridized carbons (Fsp3) is 0.111. The van der Waals surface area contributed by atoms with Crippen molar-refractivity contribution in [1.82, 2.24) is 15.5 Å². The van der Waals surface area contributed by atoms with Crippen LogP contribution in [0.1, 0.15) is 15.9 Å². The molecule has 3 aromatic rings. The lowest BCUT2D eigenvalue weighted by Crippen LogP contribution is -2.25. The predicted molar refractivity (Wildman–Crippen MR) is 99.9 cm³/mol. The van der Waals surface area contributed by atoms with E-state index >= 15 is 0 Å². The Labute approximate surface area is 165 Å². The van der Waals surface area contributed by atoms with Crippen LogP contribution in [0.2, 0.25) is 0 Å². The SMILES string of the molecule is COc1ccc(NS(=O)(=O)c2[nH]ncc2C(=O)NCc2cc(F)cc(F)c2)cc1. The molecule has 0 unspecified atom stereocenters. The van der Waals surface area contributed by atoms with Gasteiger partial charge in [-0.15, -0.1) is 0 Å². The third-order valence-corrected chi connectivity index (χ3v) is 5.19. The molecule has 0 atom stereocenters. The summed E-state index contributed by atoms with van der Waals surface area (Å²) in [5.41, 5.74) is 0.185. The molecular weight excluding hydrogens is 406 g/mol. The first-order valence-electron chi connectivity index (χ1n) is 8.22. The molecule has 0 aliphatic rings. The number of nitrogens with one attached hydrogen (secondary N) is 3. The fourth-order valence-electron chi connectivity index (χ4n) is 2.50. The Hall–Kier alpha value is -3.47. The molecule has 0 spiro atoms. The first kappa shape index (κ1) is 20.3. The number of rotatable bonds is 7. The van der Waals surface area contributed by atoms with Crippen molar-refractivity contribution in [3.8, 4) is 5.75 Å². The molecule has 2 aromatic carbocycles. The van der Waals surface area contributed by atoms with Crippen LogP contribution >= 0.6 is 0 Å². The van der Waals surface area contributed by atoms with Gasteiger partial charge < -0.3 is 10.1 Å². The molecule has 152 valence electrons. The zero-order valence-electron chi connectivity index (χ0n) is 15.1. The fourth-order valence-corrected chi connectivity index (χ4v) is 3.65. The minimum atomic E-state index is -4.15. The summed E-state index contributed by atoms with van der Waals surface area (Å²) >= 11 is 0. The van der Waals surface area contributed by atoms with Gasteiger partial charge in [0, 0.05) is 18.3 Å². The van der Waals surface area contributed by atoms with Gasteiger partial charge in [-0.25, -0.2) is 8.78 Å². The number of anilines is 1. The average molecular weight is 422 g/mol. The van der Waals surface area contributed by atoms with Crippen LogP contribution < -0.4 is 14.8 Å². The first-order chi connectivity index (χ1) is 13.8. The van der Waals surface area contributed by atoms with E-state index in [4.69, 9.17) is 4.74 Å². The highest BCUT2D eigenvalue weighted by atomic mass is 32.2. The van der Waals surface area contributed by atoms with Crippen LogP contribution in [0.3, 0.4) is 0 Å². The van der Waals surface area contributed by atoms with Crippen molar-refractivity contribution in [3.63, 3.8) is 0 Å². The van der Waals surface area contributed by atoms with Crippen LogP contribution in [-0.4, -0.2) is 31.6 Å². The first-order valence-corrected chi connectivity index (χ1v) is 9.70. The topological polar surface area (TPSA) is 113 Å². The summed E-state index contributed by atoms with van der Waals surface area (Å²) in [5, 5.41) is 7.86. The maximum absolute atomic E-state index is 13.2. The largest absolute Gasteiger partial charge is 0.497 e. The number of hydrogen-bond acceptors (Lipinski definition) is 5. The van der Waals surface area contributed by atoms with Crippen LogP contribution in [0.5, 0.6) is 5.75 Å². The van der Waals surface area contributed by atoms with Crippen molar-refractivity contribution in [1.29, 1.82) is 0 Å². The molecule has 0 fully saturated rings. The standard InChI is InChI=1S/C18H16F2N4O4S/c1-28-15-4-2-14(3-5-15)24-29(26,27)18-16(10-22-23-18)17(25)21-9-11-6-12(19)8-13(20)7-11/h2-8,10,24H,9H2,1H3,(H,21,25)(H,22,23). The van der Waals surface area contributed by atoms with E-state index < -0.39 is 32.6 Å². The molecule has 1 amide bonds. The van der Waals surface area contributed by atoms with Crippen LogP contribution in [0.25, 0.3) is 0 Å². The predicted octanol–water partition coefficient (Wildman–Crippen LogP) is 2.43. The number of benzene rings is 2. The van der Waals surface area contributed by atoms with Crippen molar-refractivity contribution >= 4 is 21.6 Å². The zero-order chi connectivity index (χ0) is 21.0. The van der Waals surface area contributed by atoms with Crippen molar-refractivity contribution in [3.05, 3.63) is 71.4 Å². The van der Waals surface area contributed by atoms with E-state index in [9.17, 15) is 22.0 Å². The quantitative estimate of drug-likeness (QED) is 0.541. The highest BCUT2D eigenvalue weighted by Gasteiger charge is 2.25. The number of sulfonamides is 1. The number of carbonyl (C=O) groups is 1. The van der Waals surface area contributed by atoms with Crippen LogP contribution in [0, 0.1) is 11.6 Å². The highest BCUT2D eigenvalue weighted by molar-refractivity contribution is 7.92. The molecule has 11 heteroatoms. The molecule has 8 nitrogen and oxygen atoms in total. The van der Waals surface area contributed by atoms with E-state index in [1.165, 1.54) is 19.2 Å². The molecule has 0 bridgehead atoms. The van der Waals surface area contributed by atoms with Crippen LogP contribution in [-0.2, 0) is 16.6 Å². The summed E-state index contributed by atoms with van der Waals surface area (Å²) in [7, 11) is -2.67. The number of H-pyrrole nitrogens is 1. The summed E-state index contributed by atoms with van der Waals surface area (Å²) in [6.45, 7) is -0.204. The van der Waals surface area contributed by atoms with E-state index in [-0.39, 0.29) is 23.4 Å². The maximum Gasteiger partial charge on any atom is 0.279 e. The van der Waals surface area contributed by atoms with Crippen molar-refractivity contribution in [2.45, 2.75) is 11.6 Å². The highest BCUT2D eigenvalue weighted by Crippen LogP contribution is 2.20. The second-order valence-electron chi connectivity index (χ2n) is 5.91.